The Morgan fingerprint density at radius 3 is 2.66 bits per heavy atom. The van der Waals surface area contributed by atoms with E-state index in [4.69, 9.17) is 11.6 Å². The number of carbonyl (C=O) groups excluding carboxylic acids is 1. The molecule has 0 aliphatic heterocycles. The van der Waals surface area contributed by atoms with Gasteiger partial charge in [-0.15, -0.1) is 0 Å². The predicted molar refractivity (Wildman–Crippen MR) is 121 cm³/mol. The Labute approximate surface area is 175 Å². The maximum atomic E-state index is 12.9. The molecule has 4 rings (SSSR count). The molecule has 0 atom stereocenters. The molecule has 1 amide bonds. The lowest BCUT2D eigenvalue weighted by Gasteiger charge is -2.12. The number of aromatic nitrogens is 1. The maximum absolute atomic E-state index is 12.9. The average Bonchev–Trinajstić information content (AvgIpc) is 3.12. The second-order valence-corrected chi connectivity index (χ2v) is 7.79. The number of nitrogens with one attached hydrogen (secondary N) is 2. The summed E-state index contributed by atoms with van der Waals surface area (Å²) in [6.45, 7) is 4.74. The Kier molecular flexibility index (Phi) is 5.41. The number of hydrogen-bond donors (Lipinski definition) is 2. The standard InChI is InChI=1S/C25H23ClN2O/c1-16-7-8-18(13-17(16)2)21-5-3-4-6-22(21)25(29)27-12-11-19-15-28-24-10-9-20(26)14-23(19)24/h3-10,13-15,28H,11-12H2,1-2H3,(H,27,29). The second kappa shape index (κ2) is 8.14. The van der Waals surface area contributed by atoms with Gasteiger partial charge in [0.15, 0.2) is 0 Å². The SMILES string of the molecule is Cc1ccc(-c2ccccc2C(=O)NCCc2c[nH]c3ccc(Cl)cc23)cc1C. The average molecular weight is 403 g/mol. The van der Waals surface area contributed by atoms with Gasteiger partial charge in [0.05, 0.1) is 0 Å². The third-order valence-electron chi connectivity index (χ3n) is 5.40. The molecule has 0 bridgehead atoms. The quantitative estimate of drug-likeness (QED) is 0.417. The molecule has 0 saturated carbocycles. The van der Waals surface area contributed by atoms with Gasteiger partial charge >= 0.3 is 0 Å². The maximum Gasteiger partial charge on any atom is 0.251 e. The first kappa shape index (κ1) is 19.3. The molecule has 0 aliphatic carbocycles. The summed E-state index contributed by atoms with van der Waals surface area (Å²) in [5.41, 5.74) is 7.36. The number of H-pyrrole nitrogens is 1. The number of amides is 1. The number of benzene rings is 3. The smallest absolute Gasteiger partial charge is 0.251 e. The predicted octanol–water partition coefficient (Wildman–Crippen LogP) is 6.08. The molecule has 3 nitrogen and oxygen atoms in total. The van der Waals surface area contributed by atoms with Crippen molar-refractivity contribution in [3.05, 3.63) is 94.1 Å². The summed E-state index contributed by atoms with van der Waals surface area (Å²) in [6, 6.07) is 19.9. The van der Waals surface area contributed by atoms with Crippen LogP contribution < -0.4 is 5.32 Å². The first-order valence-electron chi connectivity index (χ1n) is 9.73. The fourth-order valence-electron chi connectivity index (χ4n) is 3.61. The van der Waals surface area contributed by atoms with Crippen molar-refractivity contribution in [2.75, 3.05) is 6.54 Å². The third kappa shape index (κ3) is 4.06. The van der Waals surface area contributed by atoms with Crippen LogP contribution in [0, 0.1) is 13.8 Å². The second-order valence-electron chi connectivity index (χ2n) is 7.35. The summed E-state index contributed by atoms with van der Waals surface area (Å²) in [6.07, 6.45) is 2.72. The van der Waals surface area contributed by atoms with Crippen molar-refractivity contribution in [1.29, 1.82) is 0 Å². The van der Waals surface area contributed by atoms with E-state index in [2.05, 4.69) is 42.3 Å². The molecule has 29 heavy (non-hydrogen) atoms. The fourth-order valence-corrected chi connectivity index (χ4v) is 3.78. The van der Waals surface area contributed by atoms with E-state index >= 15 is 0 Å². The largest absolute Gasteiger partial charge is 0.361 e. The summed E-state index contributed by atoms with van der Waals surface area (Å²) in [5, 5.41) is 4.88. The topological polar surface area (TPSA) is 44.9 Å². The minimum Gasteiger partial charge on any atom is -0.361 e. The van der Waals surface area contributed by atoms with Crippen molar-refractivity contribution in [2.24, 2.45) is 0 Å². The zero-order chi connectivity index (χ0) is 20.4. The summed E-state index contributed by atoms with van der Waals surface area (Å²) in [5.74, 6) is -0.0586. The van der Waals surface area contributed by atoms with Crippen molar-refractivity contribution in [3.8, 4) is 11.1 Å². The molecule has 0 spiro atoms. The van der Waals surface area contributed by atoms with Gasteiger partial charge in [-0.2, -0.15) is 0 Å². The lowest BCUT2D eigenvalue weighted by molar-refractivity contribution is 0.0955. The van der Waals surface area contributed by atoms with Crippen molar-refractivity contribution in [1.82, 2.24) is 10.3 Å². The highest BCUT2D eigenvalue weighted by Gasteiger charge is 2.13. The highest BCUT2D eigenvalue weighted by atomic mass is 35.5. The zero-order valence-corrected chi connectivity index (χ0v) is 17.3. The van der Waals surface area contributed by atoms with Gasteiger partial charge in [0, 0.05) is 34.2 Å². The van der Waals surface area contributed by atoms with Gasteiger partial charge in [-0.1, -0.05) is 48.0 Å². The number of aromatic amines is 1. The van der Waals surface area contributed by atoms with Crippen LogP contribution in [0.4, 0.5) is 0 Å². The van der Waals surface area contributed by atoms with Crippen molar-refractivity contribution in [2.45, 2.75) is 20.3 Å². The lowest BCUT2D eigenvalue weighted by atomic mass is 9.96. The molecule has 2 N–H and O–H groups in total. The number of carbonyl (C=O) groups is 1. The molecule has 4 heteroatoms. The van der Waals surface area contributed by atoms with E-state index < -0.39 is 0 Å². The van der Waals surface area contributed by atoms with Crippen LogP contribution in [0.15, 0.2) is 66.9 Å². The number of hydrogen-bond acceptors (Lipinski definition) is 1. The Bertz CT molecular complexity index is 1190. The first-order chi connectivity index (χ1) is 14.0. The van der Waals surface area contributed by atoms with E-state index in [1.165, 1.54) is 11.1 Å². The molecule has 146 valence electrons. The van der Waals surface area contributed by atoms with Crippen LogP contribution in [0.25, 0.3) is 22.0 Å². The molecule has 0 unspecified atom stereocenters. The molecule has 0 fully saturated rings. The van der Waals surface area contributed by atoms with E-state index in [1.807, 2.05) is 48.7 Å². The van der Waals surface area contributed by atoms with E-state index in [-0.39, 0.29) is 5.91 Å². The molecule has 0 saturated heterocycles. The minimum absolute atomic E-state index is 0.0586. The van der Waals surface area contributed by atoms with E-state index in [0.717, 1.165) is 34.0 Å². The number of rotatable bonds is 5. The number of halogens is 1. The molecule has 1 heterocycles. The molecule has 1 aromatic heterocycles. The molecule has 0 aliphatic rings. The Hall–Kier alpha value is -3.04. The van der Waals surface area contributed by atoms with Gasteiger partial charge in [-0.05, 0) is 72.4 Å². The third-order valence-corrected chi connectivity index (χ3v) is 5.63. The van der Waals surface area contributed by atoms with Crippen LogP contribution in [0.5, 0.6) is 0 Å². The molecular weight excluding hydrogens is 380 g/mol. The van der Waals surface area contributed by atoms with Gasteiger partial charge in [-0.25, -0.2) is 0 Å². The number of fused-ring (bicyclic) bond motifs is 1. The lowest BCUT2D eigenvalue weighted by Crippen LogP contribution is -2.26. The Balaban J connectivity index is 1.50. The monoisotopic (exact) mass is 402 g/mol. The Morgan fingerprint density at radius 2 is 1.83 bits per heavy atom. The van der Waals surface area contributed by atoms with E-state index in [9.17, 15) is 4.79 Å². The van der Waals surface area contributed by atoms with E-state index in [1.54, 1.807) is 0 Å². The fraction of sp³-hybridized carbons (Fsp3) is 0.160. The first-order valence-corrected chi connectivity index (χ1v) is 10.1. The summed E-state index contributed by atoms with van der Waals surface area (Å²) < 4.78 is 0. The summed E-state index contributed by atoms with van der Waals surface area (Å²) >= 11 is 6.12. The van der Waals surface area contributed by atoms with Crippen LogP contribution in [-0.4, -0.2) is 17.4 Å². The molecule has 4 aromatic rings. The van der Waals surface area contributed by atoms with Gasteiger partial charge in [-0.3, -0.25) is 4.79 Å². The summed E-state index contributed by atoms with van der Waals surface area (Å²) in [4.78, 5) is 16.2. The van der Waals surface area contributed by atoms with Crippen LogP contribution in [0.2, 0.25) is 5.02 Å². The van der Waals surface area contributed by atoms with Crippen LogP contribution in [0.3, 0.4) is 0 Å². The van der Waals surface area contributed by atoms with Gasteiger partial charge in [0.1, 0.15) is 0 Å². The van der Waals surface area contributed by atoms with E-state index in [0.29, 0.717) is 17.1 Å². The van der Waals surface area contributed by atoms with Crippen LogP contribution in [-0.2, 0) is 6.42 Å². The van der Waals surface area contributed by atoms with Gasteiger partial charge in [0.2, 0.25) is 0 Å². The van der Waals surface area contributed by atoms with Crippen LogP contribution in [0.1, 0.15) is 27.0 Å². The summed E-state index contributed by atoms with van der Waals surface area (Å²) in [7, 11) is 0. The molecular formula is C25H23ClN2O. The van der Waals surface area contributed by atoms with Crippen molar-refractivity contribution >= 4 is 28.4 Å². The highest BCUT2D eigenvalue weighted by Crippen LogP contribution is 2.26. The molecule has 0 radical (unpaired) electrons. The van der Waals surface area contributed by atoms with Gasteiger partial charge < -0.3 is 10.3 Å². The molecule has 3 aromatic carbocycles. The highest BCUT2D eigenvalue weighted by molar-refractivity contribution is 6.31. The Morgan fingerprint density at radius 1 is 1.00 bits per heavy atom. The zero-order valence-electron chi connectivity index (χ0n) is 16.6. The minimum atomic E-state index is -0.0586. The van der Waals surface area contributed by atoms with Crippen LogP contribution >= 0.6 is 11.6 Å². The van der Waals surface area contributed by atoms with Crippen molar-refractivity contribution < 1.29 is 4.79 Å². The van der Waals surface area contributed by atoms with Crippen molar-refractivity contribution in [3.63, 3.8) is 0 Å². The number of aryl methyl sites for hydroxylation is 2. The normalized spacial score (nSPS) is 11.0. The van der Waals surface area contributed by atoms with Gasteiger partial charge in [0.25, 0.3) is 5.91 Å².